The quantitative estimate of drug-likeness (QED) is 0.868. The summed E-state index contributed by atoms with van der Waals surface area (Å²) in [6.45, 7) is 3.15. The summed E-state index contributed by atoms with van der Waals surface area (Å²) < 4.78 is 0. The van der Waals surface area contributed by atoms with Gasteiger partial charge in [0.25, 0.3) is 0 Å². The molecule has 0 amide bonds. The number of alkyl halides is 1. The van der Waals surface area contributed by atoms with E-state index in [1.807, 2.05) is 0 Å². The first-order valence-corrected chi connectivity index (χ1v) is 9.05. The first kappa shape index (κ1) is 14.8. The largest absolute Gasteiger partial charge is 0.390 e. The van der Waals surface area contributed by atoms with E-state index < -0.39 is 0 Å². The van der Waals surface area contributed by atoms with Crippen molar-refractivity contribution in [3.8, 4) is 0 Å². The van der Waals surface area contributed by atoms with Crippen LogP contribution < -0.4 is 0 Å². The summed E-state index contributed by atoms with van der Waals surface area (Å²) in [5.41, 5.74) is 0.633. The lowest BCUT2D eigenvalue weighted by Crippen LogP contribution is -2.53. The van der Waals surface area contributed by atoms with Gasteiger partial charge in [-0.05, 0) is 19.3 Å². The monoisotopic (exact) mass is 314 g/mol. The fraction of sp³-hybridized carbons (Fsp3) is 0.800. The molecule has 1 saturated heterocycles. The molecule has 0 spiro atoms. The molecule has 2 fully saturated rings. The number of hydrogen-bond donors (Lipinski definition) is 1. The standard InChI is InChI=1S/C15H23ClN2OS/c16-9-13-11-20-14(17-13)4-7-18-8-6-15(19)5-2-1-3-12(15)10-18/h11-12,19H,1-10H2. The van der Waals surface area contributed by atoms with Crippen LogP contribution in [0.25, 0.3) is 0 Å². The second-order valence-corrected chi connectivity index (χ2v) is 7.42. The van der Waals surface area contributed by atoms with E-state index in [2.05, 4.69) is 15.3 Å². The van der Waals surface area contributed by atoms with Gasteiger partial charge in [0.15, 0.2) is 0 Å². The Labute approximate surface area is 130 Å². The van der Waals surface area contributed by atoms with Gasteiger partial charge in [-0.2, -0.15) is 0 Å². The fourth-order valence-electron chi connectivity index (χ4n) is 3.62. The number of halogens is 1. The second-order valence-electron chi connectivity index (χ2n) is 6.21. The number of likely N-dealkylation sites (tertiary alicyclic amines) is 1. The lowest BCUT2D eigenvalue weighted by Gasteiger charge is -2.47. The zero-order chi connectivity index (χ0) is 14.0. The van der Waals surface area contributed by atoms with Crippen LogP contribution in [0.4, 0.5) is 0 Å². The van der Waals surface area contributed by atoms with Crippen LogP contribution in [0.3, 0.4) is 0 Å². The molecule has 1 saturated carbocycles. The molecule has 2 atom stereocenters. The van der Waals surface area contributed by atoms with Crippen molar-refractivity contribution < 1.29 is 5.11 Å². The summed E-state index contributed by atoms with van der Waals surface area (Å²) in [6.07, 6.45) is 6.65. The zero-order valence-corrected chi connectivity index (χ0v) is 13.4. The van der Waals surface area contributed by atoms with Crippen molar-refractivity contribution in [2.45, 2.75) is 50.0 Å². The van der Waals surface area contributed by atoms with Gasteiger partial charge in [-0.3, -0.25) is 0 Å². The smallest absolute Gasteiger partial charge is 0.0941 e. The van der Waals surface area contributed by atoms with Gasteiger partial charge in [0.05, 0.1) is 22.2 Å². The molecule has 1 aliphatic heterocycles. The van der Waals surface area contributed by atoms with E-state index in [0.717, 1.165) is 44.6 Å². The fourth-order valence-corrected chi connectivity index (χ4v) is 4.64. The number of rotatable bonds is 4. The highest BCUT2D eigenvalue weighted by Gasteiger charge is 2.42. The minimum Gasteiger partial charge on any atom is -0.390 e. The molecule has 2 heterocycles. The molecule has 3 rings (SSSR count). The number of thiazole rings is 1. The Morgan fingerprint density at radius 1 is 1.45 bits per heavy atom. The van der Waals surface area contributed by atoms with E-state index in [4.69, 9.17) is 11.6 Å². The minimum atomic E-state index is -0.359. The molecule has 112 valence electrons. The number of fused-ring (bicyclic) bond motifs is 1. The molecule has 1 aliphatic carbocycles. The van der Waals surface area contributed by atoms with Crippen LogP contribution >= 0.6 is 22.9 Å². The van der Waals surface area contributed by atoms with Crippen LogP contribution in [0.1, 0.15) is 42.8 Å². The van der Waals surface area contributed by atoms with Gasteiger partial charge in [-0.1, -0.05) is 12.8 Å². The molecule has 1 N–H and O–H groups in total. The van der Waals surface area contributed by atoms with Gasteiger partial charge in [-0.25, -0.2) is 4.98 Å². The van der Waals surface area contributed by atoms with Gasteiger partial charge in [0, 0.05) is 37.4 Å². The van der Waals surface area contributed by atoms with Crippen molar-refractivity contribution in [3.05, 3.63) is 16.1 Å². The predicted octanol–water partition coefficient (Wildman–Crippen LogP) is 3.05. The molecule has 3 nitrogen and oxygen atoms in total. The summed E-state index contributed by atoms with van der Waals surface area (Å²) >= 11 is 7.50. The SMILES string of the molecule is OC12CCCCC1CN(CCc1nc(CCl)cs1)CC2. The van der Waals surface area contributed by atoms with Crippen LogP contribution in [-0.4, -0.2) is 40.2 Å². The summed E-state index contributed by atoms with van der Waals surface area (Å²) in [5.74, 6) is 0.995. The average molecular weight is 315 g/mol. The van der Waals surface area contributed by atoms with E-state index in [0.29, 0.717) is 11.8 Å². The van der Waals surface area contributed by atoms with E-state index in [9.17, 15) is 5.11 Å². The Balaban J connectivity index is 1.52. The van der Waals surface area contributed by atoms with Gasteiger partial charge < -0.3 is 10.0 Å². The van der Waals surface area contributed by atoms with Crippen LogP contribution in [0.15, 0.2) is 5.38 Å². The van der Waals surface area contributed by atoms with E-state index in [1.165, 1.54) is 24.3 Å². The van der Waals surface area contributed by atoms with Crippen molar-refractivity contribution in [3.63, 3.8) is 0 Å². The molecule has 0 aromatic carbocycles. The Morgan fingerprint density at radius 3 is 3.15 bits per heavy atom. The molecule has 20 heavy (non-hydrogen) atoms. The Hall–Kier alpha value is -0.160. The van der Waals surface area contributed by atoms with E-state index in [1.54, 1.807) is 11.3 Å². The first-order valence-electron chi connectivity index (χ1n) is 7.63. The van der Waals surface area contributed by atoms with Crippen molar-refractivity contribution in [1.29, 1.82) is 0 Å². The van der Waals surface area contributed by atoms with E-state index in [-0.39, 0.29) is 5.60 Å². The van der Waals surface area contributed by atoms with Crippen molar-refractivity contribution in [2.75, 3.05) is 19.6 Å². The second kappa shape index (κ2) is 6.30. The highest BCUT2D eigenvalue weighted by Crippen LogP contribution is 2.39. The van der Waals surface area contributed by atoms with Gasteiger partial charge in [0.2, 0.25) is 0 Å². The predicted molar refractivity (Wildman–Crippen MR) is 83.3 cm³/mol. The van der Waals surface area contributed by atoms with Crippen LogP contribution in [-0.2, 0) is 12.3 Å². The highest BCUT2D eigenvalue weighted by atomic mass is 35.5. The molecule has 2 aliphatic rings. The molecule has 1 aromatic rings. The van der Waals surface area contributed by atoms with Crippen molar-refractivity contribution in [2.24, 2.45) is 5.92 Å². The Kier molecular flexibility index (Phi) is 4.65. The minimum absolute atomic E-state index is 0.359. The number of aromatic nitrogens is 1. The molecule has 0 bridgehead atoms. The molecule has 0 radical (unpaired) electrons. The van der Waals surface area contributed by atoms with E-state index >= 15 is 0 Å². The average Bonchev–Trinajstić information content (AvgIpc) is 2.93. The number of piperidine rings is 1. The molecular formula is C15H23ClN2OS. The Morgan fingerprint density at radius 2 is 2.35 bits per heavy atom. The summed E-state index contributed by atoms with van der Waals surface area (Å²) in [4.78, 5) is 7.02. The first-order chi connectivity index (χ1) is 9.69. The van der Waals surface area contributed by atoms with Crippen LogP contribution in [0.2, 0.25) is 0 Å². The number of nitrogens with zero attached hydrogens (tertiary/aromatic N) is 2. The molecule has 2 unspecified atom stereocenters. The lowest BCUT2D eigenvalue weighted by atomic mass is 9.71. The van der Waals surface area contributed by atoms with Crippen molar-refractivity contribution >= 4 is 22.9 Å². The third-order valence-electron chi connectivity index (χ3n) is 4.89. The number of hydrogen-bond acceptors (Lipinski definition) is 4. The van der Waals surface area contributed by atoms with Crippen molar-refractivity contribution in [1.82, 2.24) is 9.88 Å². The topological polar surface area (TPSA) is 36.4 Å². The highest BCUT2D eigenvalue weighted by molar-refractivity contribution is 7.09. The van der Waals surface area contributed by atoms with Gasteiger partial charge in [0.1, 0.15) is 0 Å². The van der Waals surface area contributed by atoms with Gasteiger partial charge in [-0.15, -0.1) is 22.9 Å². The Bertz CT molecular complexity index is 453. The third-order valence-corrected chi connectivity index (χ3v) is 6.12. The molecular weight excluding hydrogens is 292 g/mol. The summed E-state index contributed by atoms with van der Waals surface area (Å²) in [5, 5.41) is 13.9. The van der Waals surface area contributed by atoms with Crippen LogP contribution in [0, 0.1) is 5.92 Å². The van der Waals surface area contributed by atoms with Gasteiger partial charge >= 0.3 is 0 Å². The maximum absolute atomic E-state index is 10.7. The third kappa shape index (κ3) is 3.19. The number of aliphatic hydroxyl groups is 1. The maximum atomic E-state index is 10.7. The lowest BCUT2D eigenvalue weighted by molar-refractivity contribution is -0.0950. The molecule has 1 aromatic heterocycles. The molecule has 5 heteroatoms. The maximum Gasteiger partial charge on any atom is 0.0941 e. The van der Waals surface area contributed by atoms with Crippen LogP contribution in [0.5, 0.6) is 0 Å². The summed E-state index contributed by atoms with van der Waals surface area (Å²) in [6, 6.07) is 0. The normalized spacial score (nSPS) is 31.2. The summed E-state index contributed by atoms with van der Waals surface area (Å²) in [7, 11) is 0. The zero-order valence-electron chi connectivity index (χ0n) is 11.9.